The minimum absolute atomic E-state index is 0.267. The molecule has 5 aromatic rings. The number of para-hydroxylation sites is 1. The molecule has 0 aliphatic rings. The summed E-state index contributed by atoms with van der Waals surface area (Å²) in [4.78, 5) is 25.5. The summed E-state index contributed by atoms with van der Waals surface area (Å²) in [6, 6.07) is 27.9. The third-order valence-electron chi connectivity index (χ3n) is 4.97. The standard InChI is InChI=1S/C24H18N6O2/c31-23(16-29-24(32)19-13-7-8-14-20(19)26-28-29)25-22-15-21(17-9-3-1-4-10-17)27-30(22)18-11-5-2-6-12-18/h1-15H,16H2,(H,25,31). The fraction of sp³-hybridized carbons (Fsp3) is 0.0417. The lowest BCUT2D eigenvalue weighted by Crippen LogP contribution is -2.30. The number of anilines is 1. The molecule has 1 N–H and O–H groups in total. The number of hydrogen-bond acceptors (Lipinski definition) is 5. The first-order chi connectivity index (χ1) is 15.7. The Morgan fingerprint density at radius 2 is 1.56 bits per heavy atom. The van der Waals surface area contributed by atoms with E-state index in [2.05, 4.69) is 20.7 Å². The Kier molecular flexibility index (Phi) is 5.01. The van der Waals surface area contributed by atoms with Crippen molar-refractivity contribution in [1.29, 1.82) is 0 Å². The van der Waals surface area contributed by atoms with Crippen molar-refractivity contribution >= 4 is 22.6 Å². The smallest absolute Gasteiger partial charge is 0.278 e. The Hall–Kier alpha value is -4.59. The maximum absolute atomic E-state index is 12.8. The Bertz CT molecular complexity index is 1460. The molecule has 2 aromatic heterocycles. The van der Waals surface area contributed by atoms with Gasteiger partial charge in [-0.05, 0) is 24.3 Å². The summed E-state index contributed by atoms with van der Waals surface area (Å²) in [5, 5.41) is 15.9. The van der Waals surface area contributed by atoms with Gasteiger partial charge < -0.3 is 5.32 Å². The average molecular weight is 422 g/mol. The van der Waals surface area contributed by atoms with Crippen molar-refractivity contribution in [2.45, 2.75) is 6.54 Å². The van der Waals surface area contributed by atoms with Crippen LogP contribution in [-0.4, -0.2) is 30.7 Å². The molecular formula is C24H18N6O2. The molecule has 0 aliphatic heterocycles. The highest BCUT2D eigenvalue weighted by Gasteiger charge is 2.15. The van der Waals surface area contributed by atoms with E-state index in [0.29, 0.717) is 22.4 Å². The van der Waals surface area contributed by atoms with Gasteiger partial charge >= 0.3 is 0 Å². The van der Waals surface area contributed by atoms with Crippen LogP contribution in [0.5, 0.6) is 0 Å². The number of fused-ring (bicyclic) bond motifs is 1. The molecular weight excluding hydrogens is 404 g/mol. The monoisotopic (exact) mass is 422 g/mol. The Morgan fingerprint density at radius 3 is 2.34 bits per heavy atom. The lowest BCUT2D eigenvalue weighted by molar-refractivity contribution is -0.117. The fourth-order valence-corrected chi connectivity index (χ4v) is 3.43. The van der Waals surface area contributed by atoms with E-state index in [0.717, 1.165) is 15.9 Å². The third-order valence-corrected chi connectivity index (χ3v) is 4.97. The quantitative estimate of drug-likeness (QED) is 0.469. The van der Waals surface area contributed by atoms with Crippen molar-refractivity contribution < 1.29 is 4.79 Å². The third kappa shape index (κ3) is 3.77. The number of nitrogens with one attached hydrogen (secondary N) is 1. The van der Waals surface area contributed by atoms with Gasteiger partial charge in [0.05, 0.1) is 16.8 Å². The van der Waals surface area contributed by atoms with E-state index in [1.54, 1.807) is 35.0 Å². The average Bonchev–Trinajstić information content (AvgIpc) is 3.26. The van der Waals surface area contributed by atoms with Crippen molar-refractivity contribution in [3.63, 3.8) is 0 Å². The largest absolute Gasteiger partial charge is 0.309 e. The normalized spacial score (nSPS) is 10.9. The Balaban J connectivity index is 1.47. The van der Waals surface area contributed by atoms with Crippen LogP contribution in [-0.2, 0) is 11.3 Å². The zero-order valence-electron chi connectivity index (χ0n) is 16.9. The number of nitrogens with zero attached hydrogens (tertiary/aromatic N) is 5. The van der Waals surface area contributed by atoms with Gasteiger partial charge in [0.15, 0.2) is 0 Å². The number of benzene rings is 3. The molecule has 0 fully saturated rings. The lowest BCUT2D eigenvalue weighted by Gasteiger charge is -2.09. The van der Waals surface area contributed by atoms with E-state index >= 15 is 0 Å². The Labute approximate surface area is 182 Å². The van der Waals surface area contributed by atoms with E-state index in [1.165, 1.54) is 0 Å². The van der Waals surface area contributed by atoms with Crippen molar-refractivity contribution in [2.75, 3.05) is 5.32 Å². The maximum atomic E-state index is 12.8. The van der Waals surface area contributed by atoms with Gasteiger partial charge in [0.25, 0.3) is 5.56 Å². The highest BCUT2D eigenvalue weighted by molar-refractivity contribution is 5.91. The highest BCUT2D eigenvalue weighted by Crippen LogP contribution is 2.24. The Morgan fingerprint density at radius 1 is 0.875 bits per heavy atom. The van der Waals surface area contributed by atoms with Gasteiger partial charge in [-0.2, -0.15) is 5.10 Å². The summed E-state index contributed by atoms with van der Waals surface area (Å²) >= 11 is 0. The molecule has 3 aromatic carbocycles. The van der Waals surface area contributed by atoms with Crippen molar-refractivity contribution in [3.8, 4) is 16.9 Å². The number of aromatic nitrogens is 5. The topological polar surface area (TPSA) is 94.7 Å². The van der Waals surface area contributed by atoms with Gasteiger partial charge in [-0.1, -0.05) is 65.9 Å². The molecule has 0 unspecified atom stereocenters. The molecule has 156 valence electrons. The summed E-state index contributed by atoms with van der Waals surface area (Å²) in [5.41, 5.74) is 2.56. The molecule has 5 rings (SSSR count). The van der Waals surface area contributed by atoms with Crippen molar-refractivity contribution in [2.24, 2.45) is 0 Å². The maximum Gasteiger partial charge on any atom is 0.278 e. The highest BCUT2D eigenvalue weighted by atomic mass is 16.2. The van der Waals surface area contributed by atoms with Crippen molar-refractivity contribution in [1.82, 2.24) is 24.8 Å². The van der Waals surface area contributed by atoms with E-state index in [9.17, 15) is 9.59 Å². The van der Waals surface area contributed by atoms with E-state index in [1.807, 2.05) is 60.7 Å². The van der Waals surface area contributed by atoms with E-state index in [4.69, 9.17) is 0 Å². The van der Waals surface area contributed by atoms with Crippen molar-refractivity contribution in [3.05, 3.63) is 101 Å². The molecule has 32 heavy (non-hydrogen) atoms. The van der Waals surface area contributed by atoms with Gasteiger partial charge in [-0.3, -0.25) is 9.59 Å². The molecule has 0 saturated heterocycles. The summed E-state index contributed by atoms with van der Waals surface area (Å²) in [6.45, 7) is -0.267. The molecule has 0 saturated carbocycles. The van der Waals surface area contributed by atoms with E-state index < -0.39 is 5.91 Å². The minimum atomic E-state index is -0.409. The molecule has 0 spiro atoms. The van der Waals surface area contributed by atoms with Crippen LogP contribution in [0.1, 0.15) is 0 Å². The second kappa shape index (κ2) is 8.27. The fourth-order valence-electron chi connectivity index (χ4n) is 3.43. The van der Waals surface area contributed by atoms with Gasteiger partial charge in [0, 0.05) is 11.6 Å². The molecule has 1 amide bonds. The molecule has 0 bridgehead atoms. The lowest BCUT2D eigenvalue weighted by atomic mass is 10.2. The van der Waals surface area contributed by atoms with Gasteiger partial charge in [-0.15, -0.1) is 5.10 Å². The van der Waals surface area contributed by atoms with Crippen LogP contribution in [0.4, 0.5) is 5.82 Å². The molecule has 0 aliphatic carbocycles. The molecule has 2 heterocycles. The van der Waals surface area contributed by atoms with Gasteiger partial charge in [0.1, 0.15) is 17.9 Å². The molecule has 0 atom stereocenters. The van der Waals surface area contributed by atoms with E-state index in [-0.39, 0.29) is 12.1 Å². The van der Waals surface area contributed by atoms with Crippen LogP contribution < -0.4 is 10.9 Å². The number of rotatable bonds is 5. The first-order valence-corrected chi connectivity index (χ1v) is 10.0. The number of hydrogen-bond donors (Lipinski definition) is 1. The van der Waals surface area contributed by atoms with Crippen LogP contribution >= 0.6 is 0 Å². The van der Waals surface area contributed by atoms with Gasteiger partial charge in [0.2, 0.25) is 5.91 Å². The molecule has 8 heteroatoms. The number of carbonyl (C=O) groups is 1. The van der Waals surface area contributed by atoms with Gasteiger partial charge in [-0.25, -0.2) is 9.36 Å². The summed E-state index contributed by atoms with van der Waals surface area (Å²) < 4.78 is 2.72. The zero-order valence-corrected chi connectivity index (χ0v) is 16.9. The predicted octanol–water partition coefficient (Wildman–Crippen LogP) is 3.28. The summed E-state index contributed by atoms with van der Waals surface area (Å²) in [7, 11) is 0. The second-order valence-electron chi connectivity index (χ2n) is 7.15. The summed E-state index contributed by atoms with van der Waals surface area (Å²) in [5.74, 6) is 0.0789. The zero-order chi connectivity index (χ0) is 21.9. The molecule has 8 nitrogen and oxygen atoms in total. The number of carbonyl (C=O) groups excluding carboxylic acids is 1. The van der Waals surface area contributed by atoms with Crippen LogP contribution in [0.15, 0.2) is 95.8 Å². The predicted molar refractivity (Wildman–Crippen MR) is 121 cm³/mol. The van der Waals surface area contributed by atoms with Crippen LogP contribution in [0.3, 0.4) is 0 Å². The second-order valence-corrected chi connectivity index (χ2v) is 7.15. The minimum Gasteiger partial charge on any atom is -0.309 e. The number of amides is 1. The van der Waals surface area contributed by atoms with Crippen LogP contribution in [0.25, 0.3) is 27.8 Å². The van der Waals surface area contributed by atoms with Crippen LogP contribution in [0.2, 0.25) is 0 Å². The first-order valence-electron chi connectivity index (χ1n) is 10.0. The van der Waals surface area contributed by atoms with Crippen LogP contribution in [0, 0.1) is 0 Å². The SMILES string of the molecule is O=C(Cn1nnc2ccccc2c1=O)Nc1cc(-c2ccccc2)nn1-c1ccccc1. The molecule has 0 radical (unpaired) electrons. The summed E-state index contributed by atoms with van der Waals surface area (Å²) in [6.07, 6.45) is 0. The first kappa shape index (κ1) is 19.4.